The highest BCUT2D eigenvalue weighted by atomic mass is 32.2. The number of anilines is 2. The van der Waals surface area contributed by atoms with Crippen LogP contribution in [0.1, 0.15) is 13.3 Å². The molecule has 1 aliphatic rings. The first kappa shape index (κ1) is 13.0. The summed E-state index contributed by atoms with van der Waals surface area (Å²) in [5.41, 5.74) is 13.1. The van der Waals surface area contributed by atoms with Crippen LogP contribution in [0, 0.1) is 0 Å². The Kier molecular flexibility index (Phi) is 3.65. The highest BCUT2D eigenvalue weighted by Gasteiger charge is 2.29. The molecule has 6 heteroatoms. The molecule has 1 aliphatic heterocycles. The van der Waals surface area contributed by atoms with E-state index in [4.69, 9.17) is 25.7 Å². The summed E-state index contributed by atoms with van der Waals surface area (Å²) in [5.74, 6) is 2.39. The van der Waals surface area contributed by atoms with Gasteiger partial charge in [0.1, 0.15) is 11.8 Å². The standard InChI is InChI=1S/C12H18N2O3S/c1-4-6-5-18-12-8(14)10(16-3)9(15-2)7(13)11(12)17-6/h6H,4-5,13-14H2,1-3H3. The average Bonchev–Trinajstić information content (AvgIpc) is 2.41. The second-order valence-corrected chi connectivity index (χ2v) is 5.04. The molecule has 0 aliphatic carbocycles. The van der Waals surface area contributed by atoms with Crippen molar-refractivity contribution in [3.8, 4) is 17.2 Å². The van der Waals surface area contributed by atoms with E-state index in [0.717, 1.165) is 17.1 Å². The van der Waals surface area contributed by atoms with Crippen molar-refractivity contribution < 1.29 is 14.2 Å². The Morgan fingerprint density at radius 1 is 1.22 bits per heavy atom. The summed E-state index contributed by atoms with van der Waals surface area (Å²) in [6, 6.07) is 0. The van der Waals surface area contributed by atoms with Crippen LogP contribution in [0.25, 0.3) is 0 Å². The lowest BCUT2D eigenvalue weighted by Crippen LogP contribution is -2.23. The molecule has 0 saturated heterocycles. The molecule has 1 aromatic rings. The van der Waals surface area contributed by atoms with Crippen LogP contribution in [0.2, 0.25) is 0 Å². The van der Waals surface area contributed by atoms with E-state index in [2.05, 4.69) is 6.92 Å². The van der Waals surface area contributed by atoms with Crippen molar-refractivity contribution in [3.63, 3.8) is 0 Å². The van der Waals surface area contributed by atoms with E-state index in [-0.39, 0.29) is 6.10 Å². The molecule has 1 heterocycles. The molecular weight excluding hydrogens is 252 g/mol. The fraction of sp³-hybridized carbons (Fsp3) is 0.500. The van der Waals surface area contributed by atoms with Gasteiger partial charge < -0.3 is 25.7 Å². The van der Waals surface area contributed by atoms with Gasteiger partial charge in [0.2, 0.25) is 0 Å². The van der Waals surface area contributed by atoms with E-state index in [1.807, 2.05) is 0 Å². The van der Waals surface area contributed by atoms with Crippen LogP contribution in [0.4, 0.5) is 11.4 Å². The number of rotatable bonds is 3. The molecule has 0 spiro atoms. The molecule has 18 heavy (non-hydrogen) atoms. The molecule has 0 fully saturated rings. The zero-order valence-corrected chi connectivity index (χ0v) is 11.6. The fourth-order valence-corrected chi connectivity index (χ4v) is 3.13. The number of fused-ring (bicyclic) bond motifs is 1. The molecule has 0 amide bonds. The van der Waals surface area contributed by atoms with Gasteiger partial charge in [-0.05, 0) is 6.42 Å². The Balaban J connectivity index is 2.58. The maximum Gasteiger partial charge on any atom is 0.189 e. The lowest BCUT2D eigenvalue weighted by atomic mass is 10.2. The van der Waals surface area contributed by atoms with E-state index < -0.39 is 0 Å². The highest BCUT2D eigenvalue weighted by Crippen LogP contribution is 2.53. The Hall–Kier alpha value is -1.43. The molecule has 1 atom stereocenters. The third-order valence-corrected chi connectivity index (χ3v) is 4.19. The van der Waals surface area contributed by atoms with Gasteiger partial charge in [-0.25, -0.2) is 0 Å². The third kappa shape index (κ3) is 1.90. The number of nitrogen functional groups attached to an aromatic ring is 2. The van der Waals surface area contributed by atoms with Crippen LogP contribution >= 0.6 is 11.8 Å². The summed E-state index contributed by atoms with van der Waals surface area (Å²) in [4.78, 5) is 0.842. The predicted molar refractivity (Wildman–Crippen MR) is 73.8 cm³/mol. The molecule has 5 nitrogen and oxygen atoms in total. The normalized spacial score (nSPS) is 17.8. The Bertz CT molecular complexity index is 465. The van der Waals surface area contributed by atoms with Crippen LogP contribution in [0.3, 0.4) is 0 Å². The van der Waals surface area contributed by atoms with E-state index in [9.17, 15) is 0 Å². The minimum Gasteiger partial charge on any atom is -0.491 e. The fourth-order valence-electron chi connectivity index (χ4n) is 1.94. The first-order valence-electron chi connectivity index (χ1n) is 5.76. The van der Waals surface area contributed by atoms with Crippen molar-refractivity contribution in [2.75, 3.05) is 31.4 Å². The van der Waals surface area contributed by atoms with Crippen molar-refractivity contribution in [2.45, 2.75) is 24.3 Å². The number of hydrogen-bond acceptors (Lipinski definition) is 6. The number of nitrogens with two attached hydrogens (primary N) is 2. The van der Waals surface area contributed by atoms with Crippen LogP contribution in [0.15, 0.2) is 4.90 Å². The topological polar surface area (TPSA) is 79.7 Å². The summed E-state index contributed by atoms with van der Waals surface area (Å²) in [6.07, 6.45) is 1.09. The highest BCUT2D eigenvalue weighted by molar-refractivity contribution is 7.99. The first-order chi connectivity index (χ1) is 8.63. The summed E-state index contributed by atoms with van der Waals surface area (Å²) in [7, 11) is 3.08. The molecule has 0 aromatic heterocycles. The largest absolute Gasteiger partial charge is 0.491 e. The van der Waals surface area contributed by atoms with E-state index in [1.54, 1.807) is 18.9 Å². The monoisotopic (exact) mass is 270 g/mol. The van der Waals surface area contributed by atoms with Gasteiger partial charge in [-0.1, -0.05) is 6.92 Å². The van der Waals surface area contributed by atoms with Gasteiger partial charge >= 0.3 is 0 Å². The molecule has 0 radical (unpaired) electrons. The zero-order chi connectivity index (χ0) is 13.3. The maximum atomic E-state index is 6.09. The SMILES string of the molecule is CCC1CSc2c(N)c(OC)c(OC)c(N)c2O1. The van der Waals surface area contributed by atoms with Gasteiger partial charge in [-0.3, -0.25) is 0 Å². The summed E-state index contributed by atoms with van der Waals surface area (Å²) >= 11 is 1.65. The summed E-state index contributed by atoms with van der Waals surface area (Å²) in [6.45, 7) is 2.08. The zero-order valence-electron chi connectivity index (χ0n) is 10.8. The number of ether oxygens (including phenoxy) is 3. The smallest absolute Gasteiger partial charge is 0.189 e. The Morgan fingerprint density at radius 3 is 2.39 bits per heavy atom. The molecule has 1 aromatic carbocycles. The van der Waals surface area contributed by atoms with Gasteiger partial charge in [0.05, 0.1) is 24.8 Å². The van der Waals surface area contributed by atoms with Gasteiger partial charge in [-0.2, -0.15) is 0 Å². The quantitative estimate of drug-likeness (QED) is 0.819. The van der Waals surface area contributed by atoms with Crippen molar-refractivity contribution in [1.82, 2.24) is 0 Å². The first-order valence-corrected chi connectivity index (χ1v) is 6.74. The van der Waals surface area contributed by atoms with Crippen molar-refractivity contribution in [3.05, 3.63) is 0 Å². The van der Waals surface area contributed by atoms with Crippen LogP contribution in [-0.2, 0) is 0 Å². The van der Waals surface area contributed by atoms with Gasteiger partial charge in [0.15, 0.2) is 17.2 Å². The van der Waals surface area contributed by atoms with E-state index in [1.165, 1.54) is 7.11 Å². The summed E-state index contributed by atoms with van der Waals surface area (Å²) in [5, 5.41) is 0. The van der Waals surface area contributed by atoms with Gasteiger partial charge in [0.25, 0.3) is 0 Å². The lowest BCUT2D eigenvalue weighted by Gasteiger charge is -2.28. The number of methoxy groups -OCH3 is 2. The average molecular weight is 270 g/mol. The molecule has 2 rings (SSSR count). The van der Waals surface area contributed by atoms with Gasteiger partial charge in [0, 0.05) is 5.75 Å². The van der Waals surface area contributed by atoms with Crippen LogP contribution in [-0.4, -0.2) is 26.1 Å². The van der Waals surface area contributed by atoms with E-state index in [0.29, 0.717) is 28.6 Å². The molecule has 0 saturated carbocycles. The van der Waals surface area contributed by atoms with E-state index >= 15 is 0 Å². The minimum atomic E-state index is 0.155. The molecule has 0 bridgehead atoms. The van der Waals surface area contributed by atoms with Gasteiger partial charge in [-0.15, -0.1) is 11.8 Å². The second-order valence-electron chi connectivity index (χ2n) is 4.01. The van der Waals surface area contributed by atoms with Crippen molar-refractivity contribution >= 4 is 23.1 Å². The van der Waals surface area contributed by atoms with Crippen LogP contribution < -0.4 is 25.7 Å². The Labute approximate surface area is 111 Å². The Morgan fingerprint density at radius 2 is 1.83 bits per heavy atom. The molecule has 1 unspecified atom stereocenters. The van der Waals surface area contributed by atoms with Crippen molar-refractivity contribution in [2.24, 2.45) is 0 Å². The second kappa shape index (κ2) is 5.06. The molecule has 4 N–H and O–H groups in total. The number of benzene rings is 1. The lowest BCUT2D eigenvalue weighted by molar-refractivity contribution is 0.211. The van der Waals surface area contributed by atoms with Crippen molar-refractivity contribution in [1.29, 1.82) is 0 Å². The maximum absolute atomic E-state index is 6.09. The number of thioether (sulfide) groups is 1. The molecule has 100 valence electrons. The number of hydrogen-bond donors (Lipinski definition) is 2. The third-order valence-electron chi connectivity index (χ3n) is 2.95. The summed E-state index contributed by atoms with van der Waals surface area (Å²) < 4.78 is 16.4. The minimum absolute atomic E-state index is 0.155. The van der Waals surface area contributed by atoms with Crippen LogP contribution in [0.5, 0.6) is 17.2 Å². The predicted octanol–water partition coefficient (Wildman–Crippen LogP) is 2.13. The molecular formula is C12H18N2O3S.